The Labute approximate surface area is 70.3 Å². The van der Waals surface area contributed by atoms with Gasteiger partial charge in [-0.15, -0.1) is 0 Å². The largest absolute Gasteiger partial charge is 0.289 e. The fraction of sp³-hybridized carbons (Fsp3) is 0. The van der Waals surface area contributed by atoms with Crippen LogP contribution < -0.4 is 0 Å². The predicted molar refractivity (Wildman–Crippen MR) is 40.1 cm³/mol. The molecule has 1 aromatic rings. The fourth-order valence-corrected chi connectivity index (χ4v) is 0.996. The molecule has 0 amide bonds. The Morgan fingerprint density at radius 3 is 2.73 bits per heavy atom. The molecular weight excluding hydrogens is 214 g/mol. The van der Waals surface area contributed by atoms with E-state index >= 15 is 0 Å². The summed E-state index contributed by atoms with van der Waals surface area (Å²) < 4.78 is 1.23. The Balaban J connectivity index is 3.18. The number of hydrogen-bond acceptors (Lipinski definition) is 3. The van der Waals surface area contributed by atoms with Gasteiger partial charge in [-0.25, -0.2) is 0 Å². The summed E-state index contributed by atoms with van der Waals surface area (Å²) in [4.78, 5) is 9.59. The zero-order valence-corrected chi connectivity index (χ0v) is 6.78. The number of nitrogens with zero attached hydrogens (tertiary/aromatic N) is 3. The van der Waals surface area contributed by atoms with E-state index in [1.165, 1.54) is 15.9 Å². The van der Waals surface area contributed by atoms with E-state index in [2.05, 4.69) is 16.1 Å². The summed E-state index contributed by atoms with van der Waals surface area (Å²) in [6, 6.07) is 2.97. The van der Waals surface area contributed by atoms with Crippen molar-refractivity contribution in [3.05, 3.63) is 28.1 Å². The number of rotatable bonds is 1. The first-order chi connectivity index (χ1) is 5.15. The molecule has 0 bridgehead atoms. The lowest BCUT2D eigenvalue weighted by molar-refractivity contribution is -0.384. The van der Waals surface area contributed by atoms with Gasteiger partial charge in [0.25, 0.3) is 5.69 Å². The van der Waals surface area contributed by atoms with Crippen molar-refractivity contribution >= 4 is 21.8 Å². The lowest BCUT2D eigenvalue weighted by atomic mass is 10.4. The van der Waals surface area contributed by atoms with E-state index in [4.69, 9.17) is 5.26 Å². The maximum atomic E-state index is 10.1. The summed E-state index contributed by atoms with van der Waals surface area (Å²) in [5.74, 6) is 0. The first-order valence-corrected chi connectivity index (χ1v) is 3.29. The zero-order valence-electron chi connectivity index (χ0n) is 5.19. The molecule has 0 spiro atoms. The maximum Gasteiger partial charge on any atom is 0.289 e. The first-order valence-electron chi connectivity index (χ1n) is 2.58. The van der Waals surface area contributed by atoms with Crippen LogP contribution in [0.4, 0.5) is 5.69 Å². The molecule has 56 valence electrons. The first kappa shape index (κ1) is 7.75. The summed E-state index contributed by atoms with van der Waals surface area (Å²) in [5, 5.41) is 18.5. The van der Waals surface area contributed by atoms with Gasteiger partial charge in [0, 0.05) is 0 Å². The monoisotopic (exact) mass is 215 g/mol. The molecule has 0 aliphatic heterocycles. The Bertz CT molecular complexity index is 338. The molecule has 0 N–H and O–H groups in total. The lowest BCUT2D eigenvalue weighted by Crippen LogP contribution is -1.82. The molecule has 0 atom stereocenters. The van der Waals surface area contributed by atoms with Crippen LogP contribution in [0.5, 0.6) is 0 Å². The number of halogens is 1. The average molecular weight is 216 g/mol. The van der Waals surface area contributed by atoms with Crippen molar-refractivity contribution in [3.8, 4) is 6.07 Å². The highest BCUT2D eigenvalue weighted by Crippen LogP contribution is 2.16. The lowest BCUT2D eigenvalue weighted by Gasteiger charge is -1.82. The molecule has 0 radical (unpaired) electrons. The second-order valence-electron chi connectivity index (χ2n) is 1.76. The summed E-state index contributed by atoms with van der Waals surface area (Å²) in [6.07, 6.45) is 1.22. The number of aromatic nitrogens is 1. The molecule has 0 aliphatic rings. The van der Waals surface area contributed by atoms with E-state index in [0.717, 1.165) is 0 Å². The Morgan fingerprint density at radius 2 is 2.45 bits per heavy atom. The van der Waals surface area contributed by atoms with Crippen molar-refractivity contribution < 1.29 is 4.92 Å². The van der Waals surface area contributed by atoms with Gasteiger partial charge >= 0.3 is 0 Å². The maximum absolute atomic E-state index is 10.1. The molecule has 0 saturated carbocycles. The van der Waals surface area contributed by atoms with Crippen molar-refractivity contribution in [1.82, 2.24) is 3.59 Å². The van der Waals surface area contributed by atoms with Crippen LogP contribution in [-0.2, 0) is 0 Å². The van der Waals surface area contributed by atoms with Crippen molar-refractivity contribution in [2.45, 2.75) is 0 Å². The van der Waals surface area contributed by atoms with E-state index in [1.54, 1.807) is 6.07 Å². The minimum Gasteiger partial charge on any atom is -0.267 e. The smallest absolute Gasteiger partial charge is 0.267 e. The summed E-state index contributed by atoms with van der Waals surface area (Å²) in [5.41, 5.74) is 0.107. The SMILES string of the molecule is N#Cc1cc([N+](=O)[O-])cn1Br. The van der Waals surface area contributed by atoms with Gasteiger partial charge in [0.1, 0.15) is 11.8 Å². The highest BCUT2D eigenvalue weighted by Gasteiger charge is 2.11. The molecule has 5 nitrogen and oxygen atoms in total. The van der Waals surface area contributed by atoms with E-state index < -0.39 is 4.92 Å². The molecule has 0 aliphatic carbocycles. The standard InChI is InChI=1S/C5H2BrN3O2/c6-8-3-5(9(10)11)1-4(8)2-7/h1,3H. The third-order valence-corrected chi connectivity index (χ3v) is 1.67. The fourth-order valence-electron chi connectivity index (χ4n) is 0.605. The Kier molecular flexibility index (Phi) is 1.92. The van der Waals surface area contributed by atoms with Gasteiger partial charge in [-0.1, -0.05) is 0 Å². The van der Waals surface area contributed by atoms with Gasteiger partial charge in [0.05, 0.1) is 33.3 Å². The van der Waals surface area contributed by atoms with Crippen LogP contribution >= 0.6 is 16.1 Å². The Hall–Kier alpha value is -1.35. The Morgan fingerprint density at radius 1 is 1.82 bits per heavy atom. The molecule has 1 aromatic heterocycles. The molecule has 0 unspecified atom stereocenters. The molecule has 0 saturated heterocycles. The highest BCUT2D eigenvalue weighted by atomic mass is 79.9. The number of nitro groups is 1. The van der Waals surface area contributed by atoms with Crippen LogP contribution in [0.2, 0.25) is 0 Å². The van der Waals surface area contributed by atoms with Crippen molar-refractivity contribution in [3.63, 3.8) is 0 Å². The quantitative estimate of drug-likeness (QED) is 0.526. The summed E-state index contributed by atoms with van der Waals surface area (Å²) >= 11 is 2.94. The predicted octanol–water partition coefficient (Wildman–Crippen LogP) is 1.43. The van der Waals surface area contributed by atoms with Gasteiger partial charge in [-0.3, -0.25) is 13.7 Å². The second-order valence-corrected chi connectivity index (χ2v) is 2.53. The van der Waals surface area contributed by atoms with E-state index in [9.17, 15) is 10.1 Å². The van der Waals surface area contributed by atoms with Gasteiger partial charge in [0.2, 0.25) is 0 Å². The van der Waals surface area contributed by atoms with Crippen LogP contribution in [-0.4, -0.2) is 8.52 Å². The zero-order chi connectivity index (χ0) is 8.43. The molecule has 1 rings (SSSR count). The molecule has 11 heavy (non-hydrogen) atoms. The van der Waals surface area contributed by atoms with Gasteiger partial charge < -0.3 is 0 Å². The van der Waals surface area contributed by atoms with Crippen LogP contribution in [0.3, 0.4) is 0 Å². The van der Waals surface area contributed by atoms with Crippen molar-refractivity contribution in [2.24, 2.45) is 0 Å². The summed E-state index contributed by atoms with van der Waals surface area (Å²) in [7, 11) is 0. The van der Waals surface area contributed by atoms with Crippen molar-refractivity contribution in [2.75, 3.05) is 0 Å². The minimum absolute atomic E-state index is 0.0987. The number of nitriles is 1. The number of hydrogen-bond donors (Lipinski definition) is 0. The normalized spacial score (nSPS) is 9.09. The van der Waals surface area contributed by atoms with Crippen molar-refractivity contribution in [1.29, 1.82) is 5.26 Å². The summed E-state index contributed by atoms with van der Waals surface area (Å²) in [6.45, 7) is 0. The molecule has 0 aromatic carbocycles. The topological polar surface area (TPSA) is 71.9 Å². The minimum atomic E-state index is -0.557. The van der Waals surface area contributed by atoms with Gasteiger partial charge in [-0.05, 0) is 0 Å². The molecule has 6 heteroatoms. The van der Waals surface area contributed by atoms with Gasteiger partial charge in [-0.2, -0.15) is 5.26 Å². The highest BCUT2D eigenvalue weighted by molar-refractivity contribution is 9.08. The van der Waals surface area contributed by atoms with Crippen LogP contribution in [0.15, 0.2) is 12.3 Å². The third-order valence-electron chi connectivity index (χ3n) is 1.09. The van der Waals surface area contributed by atoms with Crippen LogP contribution in [0.1, 0.15) is 5.69 Å². The molecular formula is C5H2BrN3O2. The molecule has 0 fully saturated rings. The van der Waals surface area contributed by atoms with E-state index in [-0.39, 0.29) is 11.4 Å². The second kappa shape index (κ2) is 2.72. The van der Waals surface area contributed by atoms with Crippen LogP contribution in [0.25, 0.3) is 0 Å². The van der Waals surface area contributed by atoms with E-state index in [1.807, 2.05) is 0 Å². The van der Waals surface area contributed by atoms with Gasteiger partial charge in [0.15, 0.2) is 0 Å². The average Bonchev–Trinajstić information content (AvgIpc) is 2.31. The third kappa shape index (κ3) is 1.38. The molecule has 1 heterocycles. The van der Waals surface area contributed by atoms with Crippen LogP contribution in [0, 0.1) is 21.4 Å². The van der Waals surface area contributed by atoms with E-state index in [0.29, 0.717) is 0 Å².